The second-order valence-electron chi connectivity index (χ2n) is 4.94. The highest BCUT2D eigenvalue weighted by atomic mass is 16.1. The molecule has 16 heavy (non-hydrogen) atoms. The summed E-state index contributed by atoms with van der Waals surface area (Å²) in [6.45, 7) is 4.59. The lowest BCUT2D eigenvalue weighted by Gasteiger charge is -2.12. The van der Waals surface area contributed by atoms with Crippen LogP contribution in [0.2, 0.25) is 0 Å². The largest absolute Gasteiger partial charge is 0.299 e. The summed E-state index contributed by atoms with van der Waals surface area (Å²) < 4.78 is 0. The lowest BCUT2D eigenvalue weighted by molar-refractivity contribution is -0.104. The fourth-order valence-corrected chi connectivity index (χ4v) is 2.40. The van der Waals surface area contributed by atoms with E-state index in [1.807, 2.05) is 6.08 Å². The van der Waals surface area contributed by atoms with E-state index in [2.05, 4.69) is 32.0 Å². The molecule has 1 aromatic carbocycles. The SMILES string of the molecule is CC(C)C1Cc2ccc(C=CC=O)cc2C1. The Morgan fingerprint density at radius 1 is 1.25 bits per heavy atom. The maximum Gasteiger partial charge on any atom is 0.142 e. The molecule has 0 saturated heterocycles. The molecule has 0 N–H and O–H groups in total. The maximum atomic E-state index is 10.3. The van der Waals surface area contributed by atoms with Crippen molar-refractivity contribution in [3.63, 3.8) is 0 Å². The highest BCUT2D eigenvalue weighted by Gasteiger charge is 2.23. The van der Waals surface area contributed by atoms with Gasteiger partial charge in [0.15, 0.2) is 0 Å². The van der Waals surface area contributed by atoms with Crippen LogP contribution < -0.4 is 0 Å². The topological polar surface area (TPSA) is 17.1 Å². The zero-order valence-corrected chi connectivity index (χ0v) is 9.94. The Labute approximate surface area is 97.2 Å². The summed E-state index contributed by atoms with van der Waals surface area (Å²) in [7, 11) is 0. The van der Waals surface area contributed by atoms with Gasteiger partial charge in [0.2, 0.25) is 0 Å². The molecule has 1 nitrogen and oxygen atoms in total. The van der Waals surface area contributed by atoms with Crippen LogP contribution in [-0.2, 0) is 17.6 Å². The van der Waals surface area contributed by atoms with Crippen LogP contribution in [0.15, 0.2) is 24.3 Å². The normalized spacial score (nSPS) is 19.3. The number of rotatable bonds is 3. The molecule has 0 fully saturated rings. The molecule has 0 aromatic heterocycles. The summed E-state index contributed by atoms with van der Waals surface area (Å²) in [6.07, 6.45) is 6.65. The molecule has 1 aromatic rings. The van der Waals surface area contributed by atoms with Crippen molar-refractivity contribution in [3.05, 3.63) is 41.0 Å². The van der Waals surface area contributed by atoms with E-state index in [0.29, 0.717) is 0 Å². The van der Waals surface area contributed by atoms with Crippen LogP contribution in [0.5, 0.6) is 0 Å². The van der Waals surface area contributed by atoms with Crippen LogP contribution in [0.25, 0.3) is 6.08 Å². The minimum absolute atomic E-state index is 0.751. The molecule has 0 radical (unpaired) electrons. The van der Waals surface area contributed by atoms with E-state index in [0.717, 1.165) is 23.7 Å². The van der Waals surface area contributed by atoms with Gasteiger partial charge in [-0.25, -0.2) is 0 Å². The molecule has 0 heterocycles. The van der Waals surface area contributed by atoms with E-state index in [-0.39, 0.29) is 0 Å². The van der Waals surface area contributed by atoms with E-state index < -0.39 is 0 Å². The fraction of sp³-hybridized carbons (Fsp3) is 0.400. The molecule has 1 heteroatoms. The smallest absolute Gasteiger partial charge is 0.142 e. The molecule has 0 saturated carbocycles. The zero-order chi connectivity index (χ0) is 11.5. The Balaban J connectivity index is 2.20. The molecular formula is C15H18O. The molecule has 1 aliphatic carbocycles. The molecule has 0 bridgehead atoms. The van der Waals surface area contributed by atoms with Gasteiger partial charge in [-0.05, 0) is 47.4 Å². The van der Waals surface area contributed by atoms with Crippen molar-refractivity contribution < 1.29 is 4.79 Å². The first-order chi connectivity index (χ1) is 7.70. The summed E-state index contributed by atoms with van der Waals surface area (Å²) in [4.78, 5) is 10.3. The van der Waals surface area contributed by atoms with Gasteiger partial charge in [-0.2, -0.15) is 0 Å². The number of allylic oxidation sites excluding steroid dienone is 1. The zero-order valence-electron chi connectivity index (χ0n) is 9.94. The van der Waals surface area contributed by atoms with Crippen molar-refractivity contribution >= 4 is 12.4 Å². The average Bonchev–Trinajstić information content (AvgIpc) is 2.69. The van der Waals surface area contributed by atoms with Crippen LogP contribution in [-0.4, -0.2) is 6.29 Å². The van der Waals surface area contributed by atoms with E-state index >= 15 is 0 Å². The Kier molecular flexibility index (Phi) is 3.23. The first-order valence-electron chi connectivity index (χ1n) is 5.94. The fourth-order valence-electron chi connectivity index (χ4n) is 2.40. The maximum absolute atomic E-state index is 10.3. The summed E-state index contributed by atoms with van der Waals surface area (Å²) in [5.74, 6) is 1.54. The number of hydrogen-bond donors (Lipinski definition) is 0. The molecule has 0 aliphatic heterocycles. The average molecular weight is 214 g/mol. The van der Waals surface area contributed by atoms with Crippen molar-refractivity contribution in [2.45, 2.75) is 26.7 Å². The van der Waals surface area contributed by atoms with Gasteiger partial charge < -0.3 is 0 Å². The third kappa shape index (κ3) is 2.24. The van der Waals surface area contributed by atoms with Gasteiger partial charge in [-0.1, -0.05) is 38.1 Å². The van der Waals surface area contributed by atoms with Crippen LogP contribution in [0.3, 0.4) is 0 Å². The molecule has 1 atom stereocenters. The molecular weight excluding hydrogens is 196 g/mol. The Morgan fingerprint density at radius 2 is 2.00 bits per heavy atom. The number of fused-ring (bicyclic) bond motifs is 1. The van der Waals surface area contributed by atoms with E-state index in [9.17, 15) is 4.79 Å². The highest BCUT2D eigenvalue weighted by Crippen LogP contribution is 2.32. The van der Waals surface area contributed by atoms with Crippen molar-refractivity contribution in [2.75, 3.05) is 0 Å². The monoisotopic (exact) mass is 214 g/mol. The second kappa shape index (κ2) is 4.65. The van der Waals surface area contributed by atoms with E-state index in [1.54, 1.807) is 6.08 Å². The lowest BCUT2D eigenvalue weighted by Crippen LogP contribution is -2.07. The lowest BCUT2D eigenvalue weighted by atomic mass is 9.93. The number of carbonyl (C=O) groups is 1. The van der Waals surface area contributed by atoms with Gasteiger partial charge in [0.05, 0.1) is 0 Å². The van der Waals surface area contributed by atoms with Gasteiger partial charge >= 0.3 is 0 Å². The number of aldehydes is 1. The third-order valence-electron chi connectivity index (χ3n) is 3.50. The van der Waals surface area contributed by atoms with Crippen LogP contribution >= 0.6 is 0 Å². The standard InChI is InChI=1S/C15H18O/c1-11(2)14-9-13-6-5-12(4-3-7-16)8-15(13)10-14/h3-8,11,14H,9-10H2,1-2H3. The van der Waals surface area contributed by atoms with Crippen LogP contribution in [0.1, 0.15) is 30.5 Å². The highest BCUT2D eigenvalue weighted by molar-refractivity contribution is 5.74. The van der Waals surface area contributed by atoms with Gasteiger partial charge in [-0.15, -0.1) is 0 Å². The van der Waals surface area contributed by atoms with Gasteiger partial charge in [0, 0.05) is 0 Å². The summed E-state index contributed by atoms with van der Waals surface area (Å²) in [5.41, 5.74) is 4.09. The Bertz CT molecular complexity index is 415. The minimum Gasteiger partial charge on any atom is -0.299 e. The number of benzene rings is 1. The van der Waals surface area contributed by atoms with Crippen LogP contribution in [0, 0.1) is 11.8 Å². The molecule has 1 unspecified atom stereocenters. The third-order valence-corrected chi connectivity index (χ3v) is 3.50. The first-order valence-corrected chi connectivity index (χ1v) is 5.94. The van der Waals surface area contributed by atoms with Crippen molar-refractivity contribution in [1.29, 1.82) is 0 Å². The van der Waals surface area contributed by atoms with Gasteiger partial charge in [-0.3, -0.25) is 4.79 Å². The predicted octanol–water partition coefficient (Wildman–Crippen LogP) is 3.27. The number of carbonyl (C=O) groups excluding carboxylic acids is 1. The first kappa shape index (κ1) is 11.1. The van der Waals surface area contributed by atoms with E-state index in [1.165, 1.54) is 24.0 Å². The van der Waals surface area contributed by atoms with E-state index in [4.69, 9.17) is 0 Å². The van der Waals surface area contributed by atoms with Gasteiger partial charge in [0.1, 0.15) is 6.29 Å². The number of hydrogen-bond acceptors (Lipinski definition) is 1. The van der Waals surface area contributed by atoms with Crippen molar-refractivity contribution in [3.8, 4) is 0 Å². The molecule has 84 valence electrons. The van der Waals surface area contributed by atoms with Crippen molar-refractivity contribution in [2.24, 2.45) is 11.8 Å². The van der Waals surface area contributed by atoms with Gasteiger partial charge in [0.25, 0.3) is 0 Å². The molecule has 0 spiro atoms. The Morgan fingerprint density at radius 3 is 2.69 bits per heavy atom. The Hall–Kier alpha value is -1.37. The summed E-state index contributed by atoms with van der Waals surface area (Å²) >= 11 is 0. The molecule has 1 aliphatic rings. The second-order valence-corrected chi connectivity index (χ2v) is 4.94. The van der Waals surface area contributed by atoms with Crippen LogP contribution in [0.4, 0.5) is 0 Å². The predicted molar refractivity (Wildman–Crippen MR) is 67.3 cm³/mol. The minimum atomic E-state index is 0.751. The quantitative estimate of drug-likeness (QED) is 0.557. The molecule has 2 rings (SSSR count). The summed E-state index contributed by atoms with van der Waals surface area (Å²) in [5, 5.41) is 0. The summed E-state index contributed by atoms with van der Waals surface area (Å²) in [6, 6.07) is 6.53. The van der Waals surface area contributed by atoms with Crippen molar-refractivity contribution in [1.82, 2.24) is 0 Å². The molecule has 0 amide bonds.